The fourth-order valence-electron chi connectivity index (χ4n) is 2.47. The molecule has 0 bridgehead atoms. The average Bonchev–Trinajstić information content (AvgIpc) is 2.96. The summed E-state index contributed by atoms with van der Waals surface area (Å²) in [6, 6.07) is 12.6. The van der Waals surface area contributed by atoms with E-state index in [1.807, 2.05) is 6.92 Å². The number of ether oxygens (including phenoxy) is 1. The van der Waals surface area contributed by atoms with Crippen LogP contribution in [-0.2, 0) is 14.6 Å². The van der Waals surface area contributed by atoms with E-state index >= 15 is 0 Å². The molecule has 0 aromatic heterocycles. The zero-order chi connectivity index (χ0) is 16.6. The number of benzene rings is 2. The van der Waals surface area contributed by atoms with Gasteiger partial charge in [0.25, 0.3) is 0 Å². The van der Waals surface area contributed by atoms with Crippen molar-refractivity contribution in [2.75, 3.05) is 12.0 Å². The molecule has 1 fully saturated rings. The summed E-state index contributed by atoms with van der Waals surface area (Å²) >= 11 is 1.60. The van der Waals surface area contributed by atoms with E-state index in [4.69, 9.17) is 4.74 Å². The minimum absolute atomic E-state index is 0.0282. The van der Waals surface area contributed by atoms with Crippen LogP contribution in [0, 0.1) is 6.92 Å². The van der Waals surface area contributed by atoms with Gasteiger partial charge in [-0.1, -0.05) is 35.9 Å². The number of rotatable bonds is 3. The molecule has 23 heavy (non-hydrogen) atoms. The first-order valence-corrected chi connectivity index (χ1v) is 10.2. The molecule has 1 saturated heterocycles. The zero-order valence-electron chi connectivity index (χ0n) is 12.9. The molecule has 122 valence electrons. The van der Waals surface area contributed by atoms with E-state index in [1.165, 1.54) is 17.7 Å². The molecule has 1 N–H and O–H groups in total. The van der Waals surface area contributed by atoms with Crippen molar-refractivity contribution in [3.8, 4) is 5.75 Å². The SMILES string of the molecule is Cc1ccc(C2CSC(c3ccc(S(C)(=O)=O)cc3O)O2)cc1. The maximum Gasteiger partial charge on any atom is 0.175 e. The van der Waals surface area contributed by atoms with Crippen molar-refractivity contribution in [1.29, 1.82) is 0 Å². The zero-order valence-corrected chi connectivity index (χ0v) is 14.5. The van der Waals surface area contributed by atoms with Crippen LogP contribution in [0.2, 0.25) is 0 Å². The third-order valence-electron chi connectivity index (χ3n) is 3.82. The van der Waals surface area contributed by atoms with Crippen LogP contribution in [0.5, 0.6) is 5.75 Å². The van der Waals surface area contributed by atoms with Gasteiger partial charge in [0, 0.05) is 17.6 Å². The van der Waals surface area contributed by atoms with Crippen LogP contribution in [0.1, 0.15) is 28.2 Å². The summed E-state index contributed by atoms with van der Waals surface area (Å²) in [5, 5.41) is 10.2. The summed E-state index contributed by atoms with van der Waals surface area (Å²) in [5.74, 6) is 0.746. The van der Waals surface area contributed by atoms with Crippen LogP contribution >= 0.6 is 11.8 Å². The van der Waals surface area contributed by atoms with Crippen LogP contribution < -0.4 is 0 Å². The van der Waals surface area contributed by atoms with E-state index in [1.54, 1.807) is 17.8 Å². The molecule has 2 aromatic carbocycles. The Morgan fingerprint density at radius 1 is 1.17 bits per heavy atom. The number of phenolic OH excluding ortho intramolecular Hbond substituents is 1. The van der Waals surface area contributed by atoms with Crippen molar-refractivity contribution in [1.82, 2.24) is 0 Å². The summed E-state index contributed by atoms with van der Waals surface area (Å²) < 4.78 is 29.1. The van der Waals surface area contributed by atoms with Gasteiger partial charge in [-0.3, -0.25) is 0 Å². The number of aromatic hydroxyl groups is 1. The standard InChI is InChI=1S/C17H18O4S2/c1-11-3-5-12(6-4-11)16-10-22-17(21-16)14-8-7-13(9-15(14)18)23(2,19)20/h3-9,16-18H,10H2,1-2H3. The lowest BCUT2D eigenvalue weighted by Crippen LogP contribution is -2.02. The normalized spacial score (nSPS) is 21.5. The van der Waals surface area contributed by atoms with Crippen molar-refractivity contribution < 1.29 is 18.3 Å². The molecule has 6 heteroatoms. The number of sulfone groups is 1. The first-order chi connectivity index (χ1) is 10.8. The number of hydrogen-bond acceptors (Lipinski definition) is 5. The number of phenols is 1. The van der Waals surface area contributed by atoms with Crippen molar-refractivity contribution in [2.45, 2.75) is 23.4 Å². The first-order valence-electron chi connectivity index (χ1n) is 7.21. The maximum absolute atomic E-state index is 11.5. The highest BCUT2D eigenvalue weighted by Crippen LogP contribution is 2.47. The highest BCUT2D eigenvalue weighted by Gasteiger charge is 2.30. The van der Waals surface area contributed by atoms with Gasteiger partial charge in [-0.25, -0.2) is 8.42 Å². The monoisotopic (exact) mass is 350 g/mol. The van der Waals surface area contributed by atoms with Gasteiger partial charge in [0.05, 0.1) is 11.0 Å². The van der Waals surface area contributed by atoms with Crippen molar-refractivity contribution in [2.24, 2.45) is 0 Å². The molecular weight excluding hydrogens is 332 g/mol. The van der Waals surface area contributed by atoms with Crippen LogP contribution in [-0.4, -0.2) is 25.5 Å². The number of hydrogen-bond donors (Lipinski definition) is 1. The molecule has 1 aliphatic heterocycles. The predicted molar refractivity (Wildman–Crippen MR) is 91.4 cm³/mol. The second-order valence-electron chi connectivity index (χ2n) is 5.69. The minimum Gasteiger partial charge on any atom is -0.507 e. The summed E-state index contributed by atoms with van der Waals surface area (Å²) in [4.78, 5) is 0.108. The molecule has 4 nitrogen and oxygen atoms in total. The lowest BCUT2D eigenvalue weighted by atomic mass is 10.1. The Morgan fingerprint density at radius 2 is 1.87 bits per heavy atom. The Kier molecular flexibility index (Phi) is 4.40. The largest absolute Gasteiger partial charge is 0.507 e. The Balaban J connectivity index is 1.80. The molecular formula is C17H18O4S2. The first kappa shape index (κ1) is 16.4. The molecule has 2 aromatic rings. The van der Waals surface area contributed by atoms with Gasteiger partial charge in [0.1, 0.15) is 11.2 Å². The molecule has 1 aliphatic rings. The van der Waals surface area contributed by atoms with E-state index in [0.717, 1.165) is 17.6 Å². The third kappa shape index (κ3) is 3.54. The topological polar surface area (TPSA) is 63.6 Å². The van der Waals surface area contributed by atoms with Crippen LogP contribution in [0.25, 0.3) is 0 Å². The van der Waals surface area contributed by atoms with Gasteiger partial charge in [-0.05, 0) is 24.6 Å². The van der Waals surface area contributed by atoms with Crippen LogP contribution in [0.4, 0.5) is 0 Å². The second-order valence-corrected chi connectivity index (χ2v) is 8.80. The highest BCUT2D eigenvalue weighted by molar-refractivity contribution is 7.99. The van der Waals surface area contributed by atoms with Crippen molar-refractivity contribution in [3.63, 3.8) is 0 Å². The van der Waals surface area contributed by atoms with Crippen molar-refractivity contribution in [3.05, 3.63) is 59.2 Å². The quantitative estimate of drug-likeness (QED) is 0.916. The Morgan fingerprint density at radius 3 is 2.48 bits per heavy atom. The van der Waals surface area contributed by atoms with Crippen molar-refractivity contribution >= 4 is 21.6 Å². The Bertz CT molecular complexity index is 813. The molecule has 2 atom stereocenters. The minimum atomic E-state index is -3.33. The fourth-order valence-corrected chi connectivity index (χ4v) is 4.33. The van der Waals surface area contributed by atoms with E-state index in [0.29, 0.717) is 5.56 Å². The second kappa shape index (κ2) is 6.19. The smallest absolute Gasteiger partial charge is 0.175 e. The van der Waals surface area contributed by atoms with Gasteiger partial charge in [-0.15, -0.1) is 11.8 Å². The fraction of sp³-hybridized carbons (Fsp3) is 0.294. The number of aryl methyl sites for hydroxylation is 1. The summed E-state index contributed by atoms with van der Waals surface area (Å²) in [5.41, 5.74) is 2.62. The van der Waals surface area contributed by atoms with Gasteiger partial charge in [0.2, 0.25) is 0 Å². The lowest BCUT2D eigenvalue weighted by Gasteiger charge is -2.15. The summed E-state index contributed by atoms with van der Waals surface area (Å²) in [6.45, 7) is 2.04. The van der Waals surface area contributed by atoms with Gasteiger partial charge >= 0.3 is 0 Å². The molecule has 0 saturated carbocycles. The lowest BCUT2D eigenvalue weighted by molar-refractivity contribution is 0.0650. The van der Waals surface area contributed by atoms with Gasteiger partial charge in [-0.2, -0.15) is 0 Å². The van der Waals surface area contributed by atoms with Gasteiger partial charge < -0.3 is 9.84 Å². The molecule has 0 radical (unpaired) electrons. The Labute approximate surface area is 140 Å². The summed E-state index contributed by atoms with van der Waals surface area (Å²) in [6.07, 6.45) is 1.09. The molecule has 1 heterocycles. The third-order valence-corrected chi connectivity index (χ3v) is 6.09. The molecule has 2 unspecified atom stereocenters. The van der Waals surface area contributed by atoms with E-state index in [2.05, 4.69) is 24.3 Å². The van der Waals surface area contributed by atoms with E-state index < -0.39 is 9.84 Å². The molecule has 3 rings (SSSR count). The Hall–Kier alpha value is -1.50. The molecule has 0 aliphatic carbocycles. The maximum atomic E-state index is 11.5. The van der Waals surface area contributed by atoms with Crippen LogP contribution in [0.15, 0.2) is 47.4 Å². The molecule has 0 spiro atoms. The van der Waals surface area contributed by atoms with E-state index in [-0.39, 0.29) is 22.2 Å². The average molecular weight is 350 g/mol. The van der Waals surface area contributed by atoms with Crippen LogP contribution in [0.3, 0.4) is 0 Å². The molecule has 0 amide bonds. The predicted octanol–water partition coefficient (Wildman–Crippen LogP) is 3.61. The summed E-state index contributed by atoms with van der Waals surface area (Å²) in [7, 11) is -3.33. The van der Waals surface area contributed by atoms with Gasteiger partial charge in [0.15, 0.2) is 9.84 Å². The highest BCUT2D eigenvalue weighted by atomic mass is 32.2. The van der Waals surface area contributed by atoms with E-state index in [9.17, 15) is 13.5 Å². The number of thioether (sulfide) groups is 1.